The van der Waals surface area contributed by atoms with E-state index in [4.69, 9.17) is 28.3 Å². The lowest BCUT2D eigenvalue weighted by atomic mass is 10.2. The molecule has 2 N–H and O–H groups in total. The Morgan fingerprint density at radius 2 is 2.15 bits per heavy atom. The number of nitrogens with one attached hydrogen (secondary N) is 1. The van der Waals surface area contributed by atoms with E-state index >= 15 is 0 Å². The molecule has 0 aromatic heterocycles. The van der Waals surface area contributed by atoms with E-state index in [1.807, 2.05) is 0 Å². The lowest BCUT2D eigenvalue weighted by Crippen LogP contribution is -2.48. The third-order valence-corrected chi connectivity index (χ3v) is 4.23. The molecule has 3 nitrogen and oxygen atoms in total. The fraction of sp³-hybridized carbons (Fsp3) is 0.833. The summed E-state index contributed by atoms with van der Waals surface area (Å²) in [5.41, 5.74) is 0. The van der Waals surface area contributed by atoms with Crippen LogP contribution >= 0.6 is 55.1 Å². The summed E-state index contributed by atoms with van der Waals surface area (Å²) in [5, 5.41) is 11.8. The molecule has 0 fully saturated rings. The minimum atomic E-state index is -1.26. The summed E-state index contributed by atoms with van der Waals surface area (Å²) < 4.78 is -0.781. The van der Waals surface area contributed by atoms with Gasteiger partial charge in [-0.25, -0.2) is 0 Å². The molecule has 13 heavy (non-hydrogen) atoms. The van der Waals surface area contributed by atoms with Crippen LogP contribution in [0.4, 0.5) is 0 Å². The van der Waals surface area contributed by atoms with Gasteiger partial charge in [-0.05, 0) is 6.92 Å². The molecule has 0 radical (unpaired) electrons. The number of rotatable bonds is 4. The van der Waals surface area contributed by atoms with Gasteiger partial charge in [0.2, 0.25) is 5.91 Å². The van der Waals surface area contributed by atoms with Crippen molar-refractivity contribution in [2.75, 3.05) is 5.33 Å². The molecule has 1 amide bonds. The molecular weight excluding hydrogens is 349 g/mol. The van der Waals surface area contributed by atoms with Crippen LogP contribution in [0.25, 0.3) is 0 Å². The Hall–Kier alpha value is 0.970. The predicted molar refractivity (Wildman–Crippen MR) is 60.8 cm³/mol. The summed E-state index contributed by atoms with van der Waals surface area (Å²) >= 11 is 17.0. The predicted octanol–water partition coefficient (Wildman–Crippen LogP) is 1.77. The fourth-order valence-corrected chi connectivity index (χ4v) is 0.904. The molecule has 0 aliphatic rings. The van der Waals surface area contributed by atoms with E-state index in [-0.39, 0.29) is 5.91 Å². The summed E-state index contributed by atoms with van der Waals surface area (Å²) in [6.07, 6.45) is -1.26. The molecule has 0 spiro atoms. The SMILES string of the molecule is C[C@](Br)(CBr)C(=O)N[C@H](O)C(Cl)Cl. The molecule has 2 atom stereocenters. The molecule has 0 aliphatic carbocycles. The molecular formula is C6H9Br2Cl2NO2. The summed E-state index contributed by atoms with van der Waals surface area (Å²) in [4.78, 5) is 10.3. The summed E-state index contributed by atoms with van der Waals surface area (Å²) in [5.74, 6) is -0.386. The number of hydrogen-bond acceptors (Lipinski definition) is 2. The quantitative estimate of drug-likeness (QED) is 0.595. The van der Waals surface area contributed by atoms with Crippen LogP contribution in [0.15, 0.2) is 0 Å². The van der Waals surface area contributed by atoms with Gasteiger partial charge < -0.3 is 10.4 Å². The zero-order valence-electron chi connectivity index (χ0n) is 6.73. The van der Waals surface area contributed by atoms with E-state index in [0.717, 1.165) is 0 Å². The van der Waals surface area contributed by atoms with Gasteiger partial charge in [0.05, 0.1) is 0 Å². The van der Waals surface area contributed by atoms with Gasteiger partial charge in [0, 0.05) is 5.33 Å². The Kier molecular flexibility index (Phi) is 6.18. The van der Waals surface area contributed by atoms with Crippen molar-refractivity contribution in [1.29, 1.82) is 0 Å². The van der Waals surface area contributed by atoms with Crippen molar-refractivity contribution in [2.24, 2.45) is 0 Å². The second-order valence-electron chi connectivity index (χ2n) is 2.58. The Bertz CT molecular complexity index is 189. The lowest BCUT2D eigenvalue weighted by molar-refractivity contribution is -0.125. The summed E-state index contributed by atoms with van der Waals surface area (Å²) in [6.45, 7) is 1.65. The third-order valence-electron chi connectivity index (χ3n) is 1.24. The smallest absolute Gasteiger partial charge is 0.239 e. The number of aliphatic hydroxyl groups excluding tert-OH is 1. The van der Waals surface area contributed by atoms with Crippen LogP contribution in [-0.2, 0) is 4.79 Å². The maximum Gasteiger partial charge on any atom is 0.239 e. The van der Waals surface area contributed by atoms with Gasteiger partial charge in [0.1, 0.15) is 4.32 Å². The lowest BCUT2D eigenvalue weighted by Gasteiger charge is -2.21. The number of carbonyl (C=O) groups is 1. The summed E-state index contributed by atoms with van der Waals surface area (Å²) in [6, 6.07) is 0. The summed E-state index contributed by atoms with van der Waals surface area (Å²) in [7, 11) is 0. The molecule has 0 aromatic rings. The number of hydrogen-bond donors (Lipinski definition) is 2. The molecule has 0 aromatic carbocycles. The number of carbonyl (C=O) groups excluding carboxylic acids is 1. The number of amides is 1. The van der Waals surface area contributed by atoms with E-state index in [1.165, 1.54) is 0 Å². The zero-order valence-corrected chi connectivity index (χ0v) is 11.4. The Morgan fingerprint density at radius 1 is 1.69 bits per heavy atom. The maximum absolute atomic E-state index is 11.3. The van der Waals surface area contributed by atoms with Crippen molar-refractivity contribution in [3.63, 3.8) is 0 Å². The maximum atomic E-state index is 11.3. The molecule has 78 valence electrons. The van der Waals surface area contributed by atoms with Crippen LogP contribution in [-0.4, -0.2) is 31.7 Å². The molecule has 0 unspecified atom stereocenters. The van der Waals surface area contributed by atoms with Crippen molar-refractivity contribution in [3.8, 4) is 0 Å². The molecule has 0 bridgehead atoms. The highest BCUT2D eigenvalue weighted by Crippen LogP contribution is 2.20. The molecule has 0 heterocycles. The minimum absolute atomic E-state index is 0.386. The zero-order chi connectivity index (χ0) is 10.6. The van der Waals surface area contributed by atoms with Crippen molar-refractivity contribution in [3.05, 3.63) is 0 Å². The van der Waals surface area contributed by atoms with Gasteiger partial charge in [-0.3, -0.25) is 4.79 Å². The molecule has 0 saturated carbocycles. The third kappa shape index (κ3) is 4.83. The highest BCUT2D eigenvalue weighted by atomic mass is 79.9. The van der Waals surface area contributed by atoms with E-state index in [1.54, 1.807) is 6.92 Å². The first-order valence-electron chi connectivity index (χ1n) is 3.33. The fourth-order valence-electron chi connectivity index (χ4n) is 0.408. The normalized spacial score (nSPS) is 18.1. The van der Waals surface area contributed by atoms with Crippen molar-refractivity contribution in [1.82, 2.24) is 5.32 Å². The van der Waals surface area contributed by atoms with Gasteiger partial charge in [0.25, 0.3) is 0 Å². The van der Waals surface area contributed by atoms with E-state index in [0.29, 0.717) is 5.33 Å². The Morgan fingerprint density at radius 3 is 2.46 bits per heavy atom. The van der Waals surface area contributed by atoms with Crippen LogP contribution in [0, 0.1) is 0 Å². The standard InChI is InChI=1S/C6H9Br2Cl2NO2/c1-6(8,2-7)5(13)11-4(12)3(9)10/h3-4,12H,2H2,1H3,(H,11,13)/t4-,6+/m1/s1. The van der Waals surface area contributed by atoms with E-state index in [2.05, 4.69) is 37.2 Å². The van der Waals surface area contributed by atoms with E-state index in [9.17, 15) is 4.79 Å². The topological polar surface area (TPSA) is 49.3 Å². The Balaban J connectivity index is 4.15. The molecule has 0 rings (SSSR count). The van der Waals surface area contributed by atoms with E-state index < -0.39 is 15.4 Å². The van der Waals surface area contributed by atoms with Gasteiger partial charge >= 0.3 is 0 Å². The van der Waals surface area contributed by atoms with Crippen LogP contribution < -0.4 is 5.32 Å². The monoisotopic (exact) mass is 355 g/mol. The molecule has 0 saturated heterocycles. The van der Waals surface area contributed by atoms with Gasteiger partial charge in [-0.2, -0.15) is 0 Å². The number of alkyl halides is 4. The average Bonchev–Trinajstić information content (AvgIpc) is 2.04. The highest BCUT2D eigenvalue weighted by molar-refractivity contribution is 9.12. The Labute approximate surface area is 103 Å². The van der Waals surface area contributed by atoms with Crippen LogP contribution in [0.2, 0.25) is 0 Å². The molecule has 7 heteroatoms. The van der Waals surface area contributed by atoms with Gasteiger partial charge in [0.15, 0.2) is 11.1 Å². The first-order valence-corrected chi connectivity index (χ1v) is 6.12. The van der Waals surface area contributed by atoms with Gasteiger partial charge in [-0.1, -0.05) is 31.9 Å². The van der Waals surface area contributed by atoms with Crippen LogP contribution in [0.5, 0.6) is 0 Å². The highest BCUT2D eigenvalue weighted by Gasteiger charge is 2.30. The van der Waals surface area contributed by atoms with Crippen LogP contribution in [0.3, 0.4) is 0 Å². The van der Waals surface area contributed by atoms with Crippen molar-refractivity contribution >= 4 is 61.0 Å². The van der Waals surface area contributed by atoms with Gasteiger partial charge in [-0.15, -0.1) is 23.2 Å². The second kappa shape index (κ2) is 5.75. The minimum Gasteiger partial charge on any atom is -0.371 e. The largest absolute Gasteiger partial charge is 0.371 e. The van der Waals surface area contributed by atoms with Crippen molar-refractivity contribution < 1.29 is 9.90 Å². The number of halogens is 4. The average molecular weight is 358 g/mol. The van der Waals surface area contributed by atoms with Crippen molar-refractivity contribution in [2.45, 2.75) is 22.3 Å². The first kappa shape index (κ1) is 14.0. The molecule has 0 aliphatic heterocycles. The second-order valence-corrected chi connectivity index (χ2v) is 6.06. The number of aliphatic hydroxyl groups is 1. The van der Waals surface area contributed by atoms with Crippen LogP contribution in [0.1, 0.15) is 6.92 Å². The first-order chi connectivity index (χ1) is 5.81.